The summed E-state index contributed by atoms with van der Waals surface area (Å²) in [4.78, 5) is 22.2. The van der Waals surface area contributed by atoms with Crippen molar-refractivity contribution in [2.75, 3.05) is 0 Å². The van der Waals surface area contributed by atoms with Crippen molar-refractivity contribution >= 4 is 17.3 Å². The molecule has 7 nitrogen and oxygen atoms in total. The Balaban J connectivity index is 1.30. The Kier molecular flexibility index (Phi) is 7.52. The minimum atomic E-state index is -0.552. The SMILES string of the molecule is CC(C)(C)OC(=O)NC1(c2ccc(-c3oc4ncc(COCc5ccccc5)nc4c3-c3ccccc3)cc2)CCC1. The van der Waals surface area contributed by atoms with Gasteiger partial charge in [0, 0.05) is 5.56 Å². The molecule has 2 heterocycles. The molecule has 7 heteroatoms. The molecule has 0 spiro atoms. The average Bonchev–Trinajstić information content (AvgIpc) is 3.34. The van der Waals surface area contributed by atoms with Crippen LogP contribution in [0.25, 0.3) is 33.7 Å². The van der Waals surface area contributed by atoms with Crippen molar-refractivity contribution in [2.24, 2.45) is 0 Å². The minimum Gasteiger partial charge on any atom is -0.444 e. The molecule has 214 valence electrons. The molecule has 1 aliphatic rings. The van der Waals surface area contributed by atoms with Crippen LogP contribution in [0.15, 0.2) is 95.5 Å². The number of carbonyl (C=O) groups excluding carboxylic acids is 1. The van der Waals surface area contributed by atoms with E-state index in [0.29, 0.717) is 30.2 Å². The Hall–Kier alpha value is -4.49. The Bertz CT molecular complexity index is 1670. The molecule has 1 fully saturated rings. The van der Waals surface area contributed by atoms with Crippen molar-refractivity contribution in [1.29, 1.82) is 0 Å². The number of alkyl carbamates (subject to hydrolysis) is 1. The molecule has 0 unspecified atom stereocenters. The van der Waals surface area contributed by atoms with Crippen LogP contribution >= 0.6 is 0 Å². The summed E-state index contributed by atoms with van der Waals surface area (Å²) in [6.07, 6.45) is 4.11. The van der Waals surface area contributed by atoms with E-state index in [4.69, 9.17) is 18.9 Å². The van der Waals surface area contributed by atoms with Crippen LogP contribution in [-0.2, 0) is 28.2 Å². The van der Waals surface area contributed by atoms with Crippen LogP contribution in [-0.4, -0.2) is 21.7 Å². The van der Waals surface area contributed by atoms with E-state index >= 15 is 0 Å². The number of benzene rings is 3. The maximum atomic E-state index is 12.6. The van der Waals surface area contributed by atoms with Gasteiger partial charge >= 0.3 is 6.09 Å². The van der Waals surface area contributed by atoms with E-state index in [2.05, 4.69) is 34.6 Å². The third-order valence-electron chi connectivity index (χ3n) is 7.52. The van der Waals surface area contributed by atoms with Crippen molar-refractivity contribution < 1.29 is 18.7 Å². The molecule has 0 radical (unpaired) electrons. The lowest BCUT2D eigenvalue weighted by atomic mass is 9.71. The Morgan fingerprint density at radius 1 is 0.905 bits per heavy atom. The molecule has 3 aromatic carbocycles. The fourth-order valence-electron chi connectivity index (χ4n) is 5.36. The third kappa shape index (κ3) is 5.92. The van der Waals surface area contributed by atoms with E-state index in [1.54, 1.807) is 6.20 Å². The third-order valence-corrected chi connectivity index (χ3v) is 7.52. The van der Waals surface area contributed by atoms with Gasteiger partial charge in [0.25, 0.3) is 0 Å². The van der Waals surface area contributed by atoms with Crippen LogP contribution in [0.4, 0.5) is 4.79 Å². The number of ether oxygens (including phenoxy) is 2. The second kappa shape index (κ2) is 11.4. The molecule has 6 rings (SSSR count). The molecule has 0 atom stereocenters. The summed E-state index contributed by atoms with van der Waals surface area (Å²) < 4.78 is 17.8. The number of fused-ring (bicyclic) bond motifs is 1. The molecule has 1 amide bonds. The zero-order valence-corrected chi connectivity index (χ0v) is 24.2. The molecule has 0 saturated heterocycles. The van der Waals surface area contributed by atoms with Gasteiger partial charge in [0.05, 0.1) is 36.2 Å². The van der Waals surface area contributed by atoms with Crippen LogP contribution in [0.3, 0.4) is 0 Å². The van der Waals surface area contributed by atoms with Crippen molar-refractivity contribution in [3.05, 3.63) is 108 Å². The van der Waals surface area contributed by atoms with Crippen LogP contribution < -0.4 is 5.32 Å². The number of amides is 1. The van der Waals surface area contributed by atoms with E-state index in [0.717, 1.165) is 52.8 Å². The van der Waals surface area contributed by atoms with Gasteiger partial charge in [-0.2, -0.15) is 0 Å². The van der Waals surface area contributed by atoms with Crippen molar-refractivity contribution in [3.8, 4) is 22.5 Å². The Labute approximate surface area is 245 Å². The second-order valence-corrected chi connectivity index (χ2v) is 11.8. The van der Waals surface area contributed by atoms with Gasteiger partial charge in [-0.25, -0.2) is 14.8 Å². The largest absolute Gasteiger partial charge is 0.444 e. The maximum absolute atomic E-state index is 12.6. The van der Waals surface area contributed by atoms with Crippen molar-refractivity contribution in [1.82, 2.24) is 15.3 Å². The summed E-state index contributed by atoms with van der Waals surface area (Å²) >= 11 is 0. The van der Waals surface area contributed by atoms with Gasteiger partial charge in [0.1, 0.15) is 16.9 Å². The highest BCUT2D eigenvalue weighted by Crippen LogP contribution is 2.44. The number of aromatic nitrogens is 2. The standard InChI is InChI=1S/C35H35N3O4/c1-34(2,3)42-33(39)38-35(19-10-20-35)27-17-15-26(16-18-27)31-29(25-13-8-5-9-14-25)30-32(41-31)36-21-28(37-30)23-40-22-24-11-6-4-7-12-24/h4-9,11-18,21H,10,19-20,22-23H2,1-3H3,(H,38,39). The molecule has 2 aromatic heterocycles. The molecule has 42 heavy (non-hydrogen) atoms. The van der Waals surface area contributed by atoms with Gasteiger partial charge in [-0.1, -0.05) is 84.9 Å². The number of hydrogen-bond donors (Lipinski definition) is 1. The van der Waals surface area contributed by atoms with Crippen LogP contribution in [0.1, 0.15) is 56.9 Å². The summed E-state index contributed by atoms with van der Waals surface area (Å²) in [5.41, 5.74) is 5.88. The van der Waals surface area contributed by atoms with Crippen molar-refractivity contribution in [3.63, 3.8) is 0 Å². The quantitative estimate of drug-likeness (QED) is 0.206. The van der Waals surface area contributed by atoms with E-state index in [-0.39, 0.29) is 0 Å². The van der Waals surface area contributed by atoms with E-state index in [1.165, 1.54) is 0 Å². The van der Waals surface area contributed by atoms with Gasteiger partial charge in [-0.05, 0) is 56.7 Å². The predicted octanol–water partition coefficient (Wildman–Crippen LogP) is 8.18. The first kappa shape index (κ1) is 27.7. The van der Waals surface area contributed by atoms with Gasteiger partial charge in [0.2, 0.25) is 5.71 Å². The van der Waals surface area contributed by atoms with Crippen LogP contribution in [0.5, 0.6) is 0 Å². The summed E-state index contributed by atoms with van der Waals surface area (Å²) in [6, 6.07) is 28.4. The number of nitrogens with one attached hydrogen (secondary N) is 1. The summed E-state index contributed by atoms with van der Waals surface area (Å²) in [6.45, 7) is 6.46. The lowest BCUT2D eigenvalue weighted by molar-refractivity contribution is 0.0377. The smallest absolute Gasteiger partial charge is 0.408 e. The minimum absolute atomic E-state index is 0.341. The Morgan fingerprint density at radius 3 is 2.24 bits per heavy atom. The van der Waals surface area contributed by atoms with E-state index in [1.807, 2.05) is 81.4 Å². The molecule has 1 N–H and O–H groups in total. The lowest BCUT2D eigenvalue weighted by Crippen LogP contribution is -2.52. The fourth-order valence-corrected chi connectivity index (χ4v) is 5.36. The number of hydrogen-bond acceptors (Lipinski definition) is 6. The van der Waals surface area contributed by atoms with Gasteiger partial charge in [0.15, 0.2) is 0 Å². The number of rotatable bonds is 8. The van der Waals surface area contributed by atoms with Crippen LogP contribution in [0.2, 0.25) is 0 Å². The van der Waals surface area contributed by atoms with E-state index in [9.17, 15) is 4.79 Å². The molecule has 1 aliphatic carbocycles. The summed E-state index contributed by atoms with van der Waals surface area (Å²) in [7, 11) is 0. The number of carbonyl (C=O) groups is 1. The normalized spacial score (nSPS) is 14.4. The fraction of sp³-hybridized carbons (Fsp3) is 0.286. The second-order valence-electron chi connectivity index (χ2n) is 11.8. The number of furan rings is 1. The van der Waals surface area contributed by atoms with E-state index < -0.39 is 17.2 Å². The highest BCUT2D eigenvalue weighted by molar-refractivity contribution is 5.98. The topological polar surface area (TPSA) is 86.5 Å². The molecule has 0 aliphatic heterocycles. The van der Waals surface area contributed by atoms with Crippen LogP contribution in [0, 0.1) is 0 Å². The first-order valence-electron chi connectivity index (χ1n) is 14.4. The zero-order valence-electron chi connectivity index (χ0n) is 24.2. The zero-order chi connectivity index (χ0) is 29.2. The first-order chi connectivity index (χ1) is 20.3. The first-order valence-corrected chi connectivity index (χ1v) is 14.4. The highest BCUT2D eigenvalue weighted by atomic mass is 16.6. The van der Waals surface area contributed by atoms with Gasteiger partial charge in [-0.15, -0.1) is 0 Å². The molecular weight excluding hydrogens is 526 g/mol. The van der Waals surface area contributed by atoms with Crippen molar-refractivity contribution in [2.45, 2.75) is 64.4 Å². The average molecular weight is 562 g/mol. The molecule has 0 bridgehead atoms. The van der Waals surface area contributed by atoms with Gasteiger partial charge in [-0.3, -0.25) is 0 Å². The number of nitrogens with zero attached hydrogens (tertiary/aromatic N) is 2. The highest BCUT2D eigenvalue weighted by Gasteiger charge is 2.41. The summed E-state index contributed by atoms with van der Waals surface area (Å²) in [5, 5.41) is 3.14. The maximum Gasteiger partial charge on any atom is 0.408 e. The molecular formula is C35H35N3O4. The van der Waals surface area contributed by atoms with Gasteiger partial charge < -0.3 is 19.2 Å². The monoisotopic (exact) mass is 561 g/mol. The Morgan fingerprint density at radius 2 is 1.60 bits per heavy atom. The molecule has 1 saturated carbocycles. The molecule has 5 aromatic rings. The summed E-state index contributed by atoms with van der Waals surface area (Å²) in [5.74, 6) is 0.702. The predicted molar refractivity (Wildman–Crippen MR) is 163 cm³/mol. The lowest BCUT2D eigenvalue weighted by Gasteiger charge is -2.43.